The number of carboxylic acids is 1. The normalized spacial score (nSPS) is 30.1. The van der Waals surface area contributed by atoms with Crippen LogP contribution in [0.5, 0.6) is 0 Å². The summed E-state index contributed by atoms with van der Waals surface area (Å²) in [6, 6.07) is 18.5. The third-order valence-electron chi connectivity index (χ3n) is 5.49. The Morgan fingerprint density at radius 2 is 1.76 bits per heavy atom. The predicted molar refractivity (Wildman–Crippen MR) is 121 cm³/mol. The molecule has 2 aromatic carbocycles. The molecule has 33 heavy (non-hydrogen) atoms. The van der Waals surface area contributed by atoms with Crippen molar-refractivity contribution in [2.75, 3.05) is 6.61 Å². The van der Waals surface area contributed by atoms with Crippen LogP contribution in [0.15, 0.2) is 65.6 Å². The molecule has 1 amide bonds. The van der Waals surface area contributed by atoms with Gasteiger partial charge in [-0.2, -0.15) is 0 Å². The highest BCUT2D eigenvalue weighted by atomic mass is 32.2. The van der Waals surface area contributed by atoms with Crippen molar-refractivity contribution in [3.63, 3.8) is 0 Å². The number of carbonyl (C=O) groups is 2. The molecule has 4 rings (SSSR count). The monoisotopic (exact) mass is 473 g/mol. The maximum absolute atomic E-state index is 12.1. The first kappa shape index (κ1) is 23.7. The lowest BCUT2D eigenvalue weighted by Crippen LogP contribution is -2.66. The Morgan fingerprint density at radius 1 is 1.09 bits per heavy atom. The van der Waals surface area contributed by atoms with Crippen LogP contribution >= 0.6 is 11.8 Å². The van der Waals surface area contributed by atoms with Gasteiger partial charge in [-0.1, -0.05) is 60.3 Å². The second kappa shape index (κ2) is 10.7. The van der Waals surface area contributed by atoms with Crippen LogP contribution < -0.4 is 5.32 Å². The Hall–Kier alpha value is -2.43. The van der Waals surface area contributed by atoms with Crippen LogP contribution in [-0.2, 0) is 28.5 Å². The highest BCUT2D eigenvalue weighted by molar-refractivity contribution is 7.99. The summed E-state index contributed by atoms with van der Waals surface area (Å²) in [4.78, 5) is 24.7. The lowest BCUT2D eigenvalue weighted by Gasteiger charge is -2.49. The van der Waals surface area contributed by atoms with Gasteiger partial charge >= 0.3 is 5.97 Å². The number of fused-ring (bicyclic) bond motifs is 1. The van der Waals surface area contributed by atoms with Crippen molar-refractivity contribution in [1.29, 1.82) is 0 Å². The molecule has 2 saturated heterocycles. The fourth-order valence-electron chi connectivity index (χ4n) is 3.93. The van der Waals surface area contributed by atoms with E-state index in [9.17, 15) is 14.7 Å². The van der Waals surface area contributed by atoms with E-state index < -0.39 is 48.2 Å². The molecule has 2 N–H and O–H groups in total. The first-order valence-corrected chi connectivity index (χ1v) is 11.6. The molecule has 0 spiro atoms. The van der Waals surface area contributed by atoms with Gasteiger partial charge in [0.1, 0.15) is 23.7 Å². The van der Waals surface area contributed by atoms with E-state index in [1.807, 2.05) is 60.7 Å². The van der Waals surface area contributed by atoms with Gasteiger partial charge in [0, 0.05) is 17.4 Å². The van der Waals surface area contributed by atoms with E-state index in [1.165, 1.54) is 25.6 Å². The van der Waals surface area contributed by atoms with Gasteiger partial charge in [-0.3, -0.25) is 4.79 Å². The molecule has 2 fully saturated rings. The molecule has 2 aromatic rings. The number of carbonyl (C=O) groups excluding carboxylic acids is 1. The Bertz CT molecular complexity index is 944. The summed E-state index contributed by atoms with van der Waals surface area (Å²) in [6.07, 6.45) is -3.67. The molecule has 8 nitrogen and oxygen atoms in total. The fraction of sp³-hybridized carbons (Fsp3) is 0.417. The zero-order valence-electron chi connectivity index (χ0n) is 18.3. The molecule has 0 bridgehead atoms. The lowest BCUT2D eigenvalue weighted by molar-refractivity contribution is -0.314. The fourth-order valence-corrected chi connectivity index (χ4v) is 5.08. The van der Waals surface area contributed by atoms with Gasteiger partial charge in [-0.05, 0) is 19.1 Å². The number of aliphatic carboxylic acids is 1. The summed E-state index contributed by atoms with van der Waals surface area (Å²) in [7, 11) is 0. The number of nitrogens with one attached hydrogen (secondary N) is 1. The second-order valence-corrected chi connectivity index (χ2v) is 9.13. The molecule has 0 radical (unpaired) electrons. The number of rotatable bonds is 7. The molecular formula is C24H27NO7S. The summed E-state index contributed by atoms with van der Waals surface area (Å²) in [5.74, 6) is -1.37. The average molecular weight is 474 g/mol. The van der Waals surface area contributed by atoms with Crippen LogP contribution in [0.4, 0.5) is 0 Å². The van der Waals surface area contributed by atoms with Crippen LogP contribution in [0.1, 0.15) is 25.7 Å². The first-order chi connectivity index (χ1) is 15.9. The molecular weight excluding hydrogens is 446 g/mol. The minimum atomic E-state index is -1.10. The molecule has 0 aliphatic carbocycles. The summed E-state index contributed by atoms with van der Waals surface area (Å²) in [5.41, 5.74) is 0.293. The highest BCUT2D eigenvalue weighted by Crippen LogP contribution is 2.40. The van der Waals surface area contributed by atoms with Gasteiger partial charge in [0.25, 0.3) is 0 Å². The Balaban J connectivity index is 1.64. The Labute approximate surface area is 196 Å². The molecule has 2 heterocycles. The first-order valence-electron chi connectivity index (χ1n) is 10.8. The van der Waals surface area contributed by atoms with E-state index in [-0.39, 0.29) is 12.5 Å². The molecule has 7 atom stereocenters. The summed E-state index contributed by atoms with van der Waals surface area (Å²) in [5, 5.41) is 12.4. The van der Waals surface area contributed by atoms with E-state index in [2.05, 4.69) is 5.32 Å². The van der Waals surface area contributed by atoms with Crippen molar-refractivity contribution in [3.05, 3.63) is 66.2 Å². The maximum Gasteiger partial charge on any atom is 0.332 e. The number of hydrogen-bond acceptors (Lipinski definition) is 7. The van der Waals surface area contributed by atoms with Gasteiger partial charge in [0.2, 0.25) is 5.91 Å². The van der Waals surface area contributed by atoms with Crippen LogP contribution in [0.25, 0.3) is 0 Å². The van der Waals surface area contributed by atoms with Gasteiger partial charge < -0.3 is 29.4 Å². The summed E-state index contributed by atoms with van der Waals surface area (Å²) >= 11 is 1.43. The van der Waals surface area contributed by atoms with E-state index >= 15 is 0 Å². The number of ether oxygens (including phenoxy) is 4. The topological polar surface area (TPSA) is 103 Å². The molecule has 0 aromatic heterocycles. The van der Waals surface area contributed by atoms with Crippen molar-refractivity contribution >= 4 is 23.6 Å². The number of benzene rings is 2. The predicted octanol–water partition coefficient (Wildman–Crippen LogP) is 2.98. The SMILES string of the molecule is CC(=O)NC1C(Sc2ccccc2)OC2COC(c3ccccc3)OC2C1OC(C)C(=O)O. The van der Waals surface area contributed by atoms with Gasteiger partial charge in [-0.25, -0.2) is 4.79 Å². The molecule has 176 valence electrons. The van der Waals surface area contributed by atoms with Gasteiger partial charge in [-0.15, -0.1) is 0 Å². The molecule has 7 unspecified atom stereocenters. The zero-order chi connectivity index (χ0) is 23.4. The third kappa shape index (κ3) is 5.74. The van der Waals surface area contributed by atoms with Crippen molar-refractivity contribution in [1.82, 2.24) is 5.32 Å². The van der Waals surface area contributed by atoms with Gasteiger partial charge in [0.15, 0.2) is 12.4 Å². The molecule has 9 heteroatoms. The minimum Gasteiger partial charge on any atom is -0.479 e. The van der Waals surface area contributed by atoms with Crippen LogP contribution in [0, 0.1) is 0 Å². The maximum atomic E-state index is 12.1. The van der Waals surface area contributed by atoms with E-state index in [4.69, 9.17) is 18.9 Å². The quantitative estimate of drug-likeness (QED) is 0.633. The van der Waals surface area contributed by atoms with Crippen molar-refractivity contribution in [2.24, 2.45) is 0 Å². The average Bonchev–Trinajstić information content (AvgIpc) is 2.81. The van der Waals surface area contributed by atoms with Gasteiger partial charge in [0.05, 0.1) is 12.6 Å². The number of carboxylic acid groups (broad SMARTS) is 1. The van der Waals surface area contributed by atoms with Crippen LogP contribution in [-0.4, -0.2) is 59.5 Å². The van der Waals surface area contributed by atoms with Crippen molar-refractivity contribution in [2.45, 2.75) is 60.9 Å². The highest BCUT2D eigenvalue weighted by Gasteiger charge is 2.52. The summed E-state index contributed by atoms with van der Waals surface area (Å²) < 4.78 is 24.5. The number of thioether (sulfide) groups is 1. The Morgan fingerprint density at radius 3 is 2.39 bits per heavy atom. The lowest BCUT2D eigenvalue weighted by atomic mass is 9.96. The van der Waals surface area contributed by atoms with Crippen LogP contribution in [0.2, 0.25) is 0 Å². The third-order valence-corrected chi connectivity index (χ3v) is 6.67. The molecule has 2 aliphatic rings. The smallest absolute Gasteiger partial charge is 0.332 e. The van der Waals surface area contributed by atoms with E-state index in [0.717, 1.165) is 10.5 Å². The molecule has 2 aliphatic heterocycles. The number of amides is 1. The molecule has 0 saturated carbocycles. The second-order valence-electron chi connectivity index (χ2n) is 7.96. The van der Waals surface area contributed by atoms with E-state index in [1.54, 1.807) is 0 Å². The Kier molecular flexibility index (Phi) is 7.67. The van der Waals surface area contributed by atoms with Crippen molar-refractivity contribution < 1.29 is 33.6 Å². The summed E-state index contributed by atoms with van der Waals surface area (Å²) in [6.45, 7) is 3.11. The zero-order valence-corrected chi connectivity index (χ0v) is 19.1. The van der Waals surface area contributed by atoms with Crippen LogP contribution in [0.3, 0.4) is 0 Å². The standard InChI is InChI=1S/C24H27NO7S/c1-14(22(27)28)30-21-19(25-15(2)26)24(33-17-11-7-4-8-12-17)31-18-13-29-23(32-20(18)21)16-9-5-3-6-10-16/h3-12,14,18-21,23-24H,13H2,1-2H3,(H,25,26)(H,27,28). The van der Waals surface area contributed by atoms with E-state index in [0.29, 0.717) is 0 Å². The minimum absolute atomic E-state index is 0.240. The van der Waals surface area contributed by atoms with Crippen molar-refractivity contribution in [3.8, 4) is 0 Å². The largest absolute Gasteiger partial charge is 0.479 e. The number of hydrogen-bond donors (Lipinski definition) is 2.